The highest BCUT2D eigenvalue weighted by atomic mass is 16.5. The largest absolute Gasteiger partial charge is 0.496 e. The van der Waals surface area contributed by atoms with Gasteiger partial charge in [-0.2, -0.15) is 0 Å². The molecule has 0 aromatic heterocycles. The summed E-state index contributed by atoms with van der Waals surface area (Å²) in [6, 6.07) is 8.70. The number of nitrogens with zero attached hydrogens (tertiary/aromatic N) is 1. The van der Waals surface area contributed by atoms with Crippen molar-refractivity contribution in [2.24, 2.45) is 0 Å². The van der Waals surface area contributed by atoms with E-state index < -0.39 is 12.1 Å². The number of methoxy groups -OCH3 is 3. The van der Waals surface area contributed by atoms with Crippen LogP contribution in [0.1, 0.15) is 33.1 Å². The zero-order valence-electron chi connectivity index (χ0n) is 18.1. The normalized spacial score (nSPS) is 18.8. The van der Waals surface area contributed by atoms with Crippen molar-refractivity contribution in [2.45, 2.75) is 26.0 Å². The summed E-state index contributed by atoms with van der Waals surface area (Å²) in [6.07, 6.45) is -0.541. The number of amides is 1. The number of rotatable bonds is 6. The van der Waals surface area contributed by atoms with Gasteiger partial charge in [-0.1, -0.05) is 6.07 Å². The molecule has 0 aliphatic carbocycles. The number of aliphatic hydroxyl groups is 1. The zero-order chi connectivity index (χ0) is 21.8. The van der Waals surface area contributed by atoms with Gasteiger partial charge < -0.3 is 29.0 Å². The lowest BCUT2D eigenvalue weighted by atomic mass is 9.96. The van der Waals surface area contributed by atoms with Gasteiger partial charge in [0.1, 0.15) is 11.9 Å². The molecular formula is C23H29NO6. The fraction of sp³-hybridized carbons (Fsp3) is 0.435. The molecule has 7 heteroatoms. The standard InChI is InChI=1S/C23H29NO6/c1-14-10-17(11-15(2)22(14)29-5)23(26)24-8-9-30-20(13-25)21(24)16-6-7-18(27-3)19(12-16)28-4/h6-7,10-12,20-21,25H,8-9,13H2,1-5H3/t20-,21-/m1/s1. The average Bonchev–Trinajstić information content (AvgIpc) is 2.77. The summed E-state index contributed by atoms with van der Waals surface area (Å²) in [5.41, 5.74) is 3.18. The van der Waals surface area contributed by atoms with Crippen molar-refractivity contribution in [3.05, 3.63) is 52.6 Å². The lowest BCUT2D eigenvalue weighted by Crippen LogP contribution is -2.49. The van der Waals surface area contributed by atoms with E-state index in [1.165, 1.54) is 0 Å². The van der Waals surface area contributed by atoms with Gasteiger partial charge in [-0.25, -0.2) is 0 Å². The maximum atomic E-state index is 13.5. The lowest BCUT2D eigenvalue weighted by molar-refractivity contribution is -0.0811. The molecule has 0 radical (unpaired) electrons. The Bertz CT molecular complexity index is 890. The van der Waals surface area contributed by atoms with Crippen LogP contribution in [0.4, 0.5) is 0 Å². The third-order valence-electron chi connectivity index (χ3n) is 5.45. The van der Waals surface area contributed by atoms with Gasteiger partial charge in [-0.05, 0) is 54.8 Å². The highest BCUT2D eigenvalue weighted by Gasteiger charge is 2.37. The van der Waals surface area contributed by atoms with Crippen LogP contribution in [-0.2, 0) is 4.74 Å². The second-order valence-corrected chi connectivity index (χ2v) is 7.29. The van der Waals surface area contributed by atoms with Gasteiger partial charge in [-0.15, -0.1) is 0 Å². The smallest absolute Gasteiger partial charge is 0.254 e. The molecule has 1 amide bonds. The van der Waals surface area contributed by atoms with Gasteiger partial charge in [0.2, 0.25) is 0 Å². The summed E-state index contributed by atoms with van der Waals surface area (Å²) in [6.45, 7) is 4.41. The number of carbonyl (C=O) groups is 1. The number of aryl methyl sites for hydroxylation is 2. The molecule has 3 rings (SSSR count). The molecule has 2 atom stereocenters. The quantitative estimate of drug-likeness (QED) is 0.782. The van der Waals surface area contributed by atoms with E-state index in [1.807, 2.05) is 38.1 Å². The average molecular weight is 415 g/mol. The summed E-state index contributed by atoms with van der Waals surface area (Å²) in [5, 5.41) is 9.94. The molecule has 1 saturated heterocycles. The molecule has 1 N–H and O–H groups in total. The summed E-state index contributed by atoms with van der Waals surface area (Å²) >= 11 is 0. The van der Waals surface area contributed by atoms with E-state index >= 15 is 0 Å². The first-order valence-corrected chi connectivity index (χ1v) is 9.85. The predicted molar refractivity (Wildman–Crippen MR) is 113 cm³/mol. The molecule has 1 aliphatic rings. The van der Waals surface area contributed by atoms with Crippen molar-refractivity contribution in [3.63, 3.8) is 0 Å². The second kappa shape index (κ2) is 9.36. The summed E-state index contributed by atoms with van der Waals surface area (Å²) in [5.74, 6) is 1.81. The van der Waals surface area contributed by atoms with Gasteiger partial charge in [0.25, 0.3) is 5.91 Å². The highest BCUT2D eigenvalue weighted by molar-refractivity contribution is 5.95. The molecule has 7 nitrogen and oxygen atoms in total. The van der Waals surface area contributed by atoms with Crippen LogP contribution in [0, 0.1) is 13.8 Å². The van der Waals surface area contributed by atoms with Gasteiger partial charge >= 0.3 is 0 Å². The monoisotopic (exact) mass is 415 g/mol. The Labute approximate surface area is 177 Å². The molecule has 1 aliphatic heterocycles. The van der Waals surface area contributed by atoms with Gasteiger partial charge in [0, 0.05) is 12.1 Å². The maximum Gasteiger partial charge on any atom is 0.254 e. The zero-order valence-corrected chi connectivity index (χ0v) is 18.1. The first-order valence-electron chi connectivity index (χ1n) is 9.85. The molecule has 1 fully saturated rings. The minimum atomic E-state index is -0.541. The van der Waals surface area contributed by atoms with Crippen molar-refractivity contribution in [1.29, 1.82) is 0 Å². The molecule has 2 aromatic carbocycles. The fourth-order valence-corrected chi connectivity index (χ4v) is 4.11. The summed E-state index contributed by atoms with van der Waals surface area (Å²) < 4.78 is 22.0. The van der Waals surface area contributed by atoms with Crippen molar-refractivity contribution >= 4 is 5.91 Å². The van der Waals surface area contributed by atoms with Crippen molar-refractivity contribution < 1.29 is 28.8 Å². The van der Waals surface area contributed by atoms with Crippen molar-refractivity contribution in [2.75, 3.05) is 41.1 Å². The molecule has 0 bridgehead atoms. The third-order valence-corrected chi connectivity index (χ3v) is 5.45. The van der Waals surface area contributed by atoms with Crippen LogP contribution in [-0.4, -0.2) is 63.1 Å². The van der Waals surface area contributed by atoms with Gasteiger partial charge in [-0.3, -0.25) is 4.79 Å². The number of aliphatic hydroxyl groups excluding tert-OH is 1. The van der Waals surface area contributed by atoms with Gasteiger partial charge in [0.05, 0.1) is 40.6 Å². The van der Waals surface area contributed by atoms with Crippen LogP contribution in [0.25, 0.3) is 0 Å². The molecule has 2 aromatic rings. The number of benzene rings is 2. The van der Waals surface area contributed by atoms with E-state index in [0.29, 0.717) is 30.2 Å². The topological polar surface area (TPSA) is 77.5 Å². The Morgan fingerprint density at radius 3 is 2.30 bits per heavy atom. The van der Waals surface area contributed by atoms with Crippen LogP contribution < -0.4 is 14.2 Å². The molecule has 1 heterocycles. The van der Waals surface area contributed by atoms with Crippen molar-refractivity contribution in [1.82, 2.24) is 4.90 Å². The van der Waals surface area contributed by atoms with Crippen LogP contribution in [0.3, 0.4) is 0 Å². The molecule has 30 heavy (non-hydrogen) atoms. The van der Waals surface area contributed by atoms with E-state index in [0.717, 1.165) is 22.4 Å². The first-order chi connectivity index (χ1) is 14.4. The first kappa shape index (κ1) is 21.9. The molecule has 162 valence electrons. The van der Waals surface area contributed by atoms with E-state index in [1.54, 1.807) is 32.3 Å². The van der Waals surface area contributed by atoms with Crippen LogP contribution in [0.5, 0.6) is 17.2 Å². The lowest BCUT2D eigenvalue weighted by Gasteiger charge is -2.41. The maximum absolute atomic E-state index is 13.5. The molecular weight excluding hydrogens is 386 g/mol. The predicted octanol–water partition coefficient (Wildman–Crippen LogP) is 2.90. The minimum Gasteiger partial charge on any atom is -0.496 e. The number of ether oxygens (including phenoxy) is 4. The SMILES string of the molecule is COc1ccc([C@@H]2[C@@H](CO)OCCN2C(=O)c2cc(C)c(OC)c(C)c2)cc1OC. The number of carbonyl (C=O) groups excluding carboxylic acids is 1. The van der Waals surface area contributed by atoms with Crippen molar-refractivity contribution in [3.8, 4) is 17.2 Å². The van der Waals surface area contributed by atoms with E-state index in [2.05, 4.69) is 0 Å². The molecule has 0 saturated carbocycles. The summed E-state index contributed by atoms with van der Waals surface area (Å²) in [4.78, 5) is 15.3. The Balaban J connectivity index is 2.03. The number of hydrogen-bond donors (Lipinski definition) is 1. The molecule has 0 unspecified atom stereocenters. The fourth-order valence-electron chi connectivity index (χ4n) is 4.11. The number of hydrogen-bond acceptors (Lipinski definition) is 6. The van der Waals surface area contributed by atoms with E-state index in [9.17, 15) is 9.90 Å². The van der Waals surface area contributed by atoms with Crippen LogP contribution >= 0.6 is 0 Å². The Morgan fingerprint density at radius 2 is 1.73 bits per heavy atom. The Hall–Kier alpha value is -2.77. The third kappa shape index (κ3) is 4.08. The van der Waals surface area contributed by atoms with Crippen LogP contribution in [0.15, 0.2) is 30.3 Å². The Kier molecular flexibility index (Phi) is 6.84. The minimum absolute atomic E-state index is 0.120. The second-order valence-electron chi connectivity index (χ2n) is 7.29. The number of morpholine rings is 1. The summed E-state index contributed by atoms with van der Waals surface area (Å²) in [7, 11) is 4.76. The Morgan fingerprint density at radius 1 is 1.07 bits per heavy atom. The van der Waals surface area contributed by atoms with E-state index in [4.69, 9.17) is 18.9 Å². The van der Waals surface area contributed by atoms with Gasteiger partial charge in [0.15, 0.2) is 11.5 Å². The van der Waals surface area contributed by atoms with Crippen LogP contribution in [0.2, 0.25) is 0 Å². The highest BCUT2D eigenvalue weighted by Crippen LogP contribution is 2.36. The van der Waals surface area contributed by atoms with E-state index in [-0.39, 0.29) is 12.5 Å². The molecule has 0 spiro atoms.